The van der Waals surface area contributed by atoms with E-state index in [0.29, 0.717) is 16.3 Å². The highest BCUT2D eigenvalue weighted by atomic mass is 35.5. The van der Waals surface area contributed by atoms with E-state index in [1.54, 1.807) is 17.8 Å². The highest BCUT2D eigenvalue weighted by Gasteiger charge is 2.05. The maximum absolute atomic E-state index is 8.84. The average Bonchev–Trinajstić information content (AvgIpc) is 2.39. The molecule has 0 aliphatic rings. The van der Waals surface area contributed by atoms with Gasteiger partial charge in [-0.3, -0.25) is 0 Å². The van der Waals surface area contributed by atoms with E-state index in [1.807, 2.05) is 37.3 Å². The van der Waals surface area contributed by atoms with Crippen molar-refractivity contribution in [1.82, 2.24) is 0 Å². The van der Waals surface area contributed by atoms with Gasteiger partial charge >= 0.3 is 0 Å². The summed E-state index contributed by atoms with van der Waals surface area (Å²) < 4.78 is 0. The van der Waals surface area contributed by atoms with Crippen molar-refractivity contribution in [2.24, 2.45) is 0 Å². The number of nitrogens with zero attached hydrogens (tertiary/aromatic N) is 1. The van der Waals surface area contributed by atoms with Crippen LogP contribution in [0.3, 0.4) is 0 Å². The van der Waals surface area contributed by atoms with E-state index < -0.39 is 0 Å². The molecule has 19 heavy (non-hydrogen) atoms. The van der Waals surface area contributed by atoms with Gasteiger partial charge in [0.05, 0.1) is 16.7 Å². The monoisotopic (exact) mass is 288 g/mol. The molecular formula is C15H13ClN2S. The molecule has 0 aromatic heterocycles. The van der Waals surface area contributed by atoms with Gasteiger partial charge in [-0.1, -0.05) is 17.7 Å². The van der Waals surface area contributed by atoms with E-state index in [1.165, 1.54) is 5.56 Å². The van der Waals surface area contributed by atoms with E-state index in [4.69, 9.17) is 22.6 Å². The second-order valence-corrected chi connectivity index (χ2v) is 5.66. The maximum Gasteiger partial charge on any atom is 0.0991 e. The number of halogens is 1. The normalized spacial score (nSPS) is 10.2. The Morgan fingerprint density at radius 3 is 2.68 bits per heavy atom. The fraction of sp³-hybridized carbons (Fsp3) is 0.133. The summed E-state index contributed by atoms with van der Waals surface area (Å²) in [5, 5.41) is 9.52. The average molecular weight is 289 g/mol. The second kappa shape index (κ2) is 6.01. The molecule has 0 aliphatic heterocycles. The molecule has 0 saturated heterocycles. The Hall–Kier alpha value is -1.63. The zero-order valence-corrected chi connectivity index (χ0v) is 12.1. The topological polar surface area (TPSA) is 49.8 Å². The van der Waals surface area contributed by atoms with Crippen LogP contribution in [0.15, 0.2) is 41.3 Å². The molecule has 2 N–H and O–H groups in total. The molecule has 2 nitrogen and oxygen atoms in total. The first-order chi connectivity index (χ1) is 9.10. The first-order valence-electron chi connectivity index (χ1n) is 5.77. The summed E-state index contributed by atoms with van der Waals surface area (Å²) in [5.41, 5.74) is 9.36. The van der Waals surface area contributed by atoms with Crippen molar-refractivity contribution in [2.75, 3.05) is 5.73 Å². The summed E-state index contributed by atoms with van der Waals surface area (Å²) in [5.74, 6) is 0.821. The Morgan fingerprint density at radius 1 is 1.26 bits per heavy atom. The number of rotatable bonds is 3. The van der Waals surface area contributed by atoms with Crippen LogP contribution in [0.4, 0.5) is 5.69 Å². The van der Waals surface area contributed by atoms with E-state index in [-0.39, 0.29) is 0 Å². The molecule has 0 atom stereocenters. The molecule has 2 aromatic carbocycles. The molecule has 2 aromatic rings. The van der Waals surface area contributed by atoms with Gasteiger partial charge in [0.15, 0.2) is 0 Å². The zero-order valence-electron chi connectivity index (χ0n) is 10.5. The van der Waals surface area contributed by atoms with Gasteiger partial charge in [-0.25, -0.2) is 0 Å². The third-order valence-corrected chi connectivity index (χ3v) is 4.36. The lowest BCUT2D eigenvalue weighted by molar-refractivity contribution is 1.29. The van der Waals surface area contributed by atoms with Crippen molar-refractivity contribution < 1.29 is 0 Å². The lowest BCUT2D eigenvalue weighted by Crippen LogP contribution is -1.89. The van der Waals surface area contributed by atoms with Crippen molar-refractivity contribution in [3.05, 3.63) is 58.1 Å². The molecule has 0 amide bonds. The predicted octanol–water partition coefficient (Wildman–Crippen LogP) is 4.39. The van der Waals surface area contributed by atoms with Crippen molar-refractivity contribution in [1.29, 1.82) is 5.26 Å². The molecule has 0 bridgehead atoms. The van der Waals surface area contributed by atoms with Gasteiger partial charge in [0.2, 0.25) is 0 Å². The van der Waals surface area contributed by atoms with Gasteiger partial charge in [0.25, 0.3) is 0 Å². The highest BCUT2D eigenvalue weighted by molar-refractivity contribution is 7.98. The van der Waals surface area contributed by atoms with Crippen LogP contribution < -0.4 is 5.73 Å². The lowest BCUT2D eigenvalue weighted by atomic mass is 10.1. The first-order valence-corrected chi connectivity index (χ1v) is 7.14. The Labute approximate surface area is 122 Å². The van der Waals surface area contributed by atoms with Crippen LogP contribution >= 0.6 is 23.4 Å². The third-order valence-electron chi connectivity index (χ3n) is 2.81. The number of thioether (sulfide) groups is 1. The SMILES string of the molecule is Cc1cc(C#N)ccc1CSc1ccc(N)cc1Cl. The van der Waals surface area contributed by atoms with E-state index in [9.17, 15) is 0 Å². The lowest BCUT2D eigenvalue weighted by Gasteiger charge is -2.08. The molecule has 2 rings (SSSR count). The molecule has 0 fully saturated rings. The minimum Gasteiger partial charge on any atom is -0.399 e. The van der Waals surface area contributed by atoms with Gasteiger partial charge < -0.3 is 5.73 Å². The minimum absolute atomic E-state index is 0.670. The Kier molecular flexibility index (Phi) is 4.36. The number of benzene rings is 2. The molecule has 0 aliphatic carbocycles. The van der Waals surface area contributed by atoms with E-state index in [0.717, 1.165) is 16.2 Å². The Bertz CT molecular complexity index is 647. The summed E-state index contributed by atoms with van der Waals surface area (Å²) in [6.07, 6.45) is 0. The van der Waals surface area contributed by atoms with Crippen LogP contribution in [0.2, 0.25) is 5.02 Å². The van der Waals surface area contributed by atoms with Gasteiger partial charge in [-0.2, -0.15) is 5.26 Å². The molecule has 0 radical (unpaired) electrons. The number of nitrogens with two attached hydrogens (primary N) is 1. The number of hydrogen-bond acceptors (Lipinski definition) is 3. The van der Waals surface area contributed by atoms with Crippen molar-refractivity contribution in [3.63, 3.8) is 0 Å². The van der Waals surface area contributed by atoms with E-state index in [2.05, 4.69) is 6.07 Å². The van der Waals surface area contributed by atoms with Crippen LogP contribution in [0.25, 0.3) is 0 Å². The van der Waals surface area contributed by atoms with Crippen LogP contribution in [-0.4, -0.2) is 0 Å². The van der Waals surface area contributed by atoms with Crippen molar-refractivity contribution >= 4 is 29.1 Å². The van der Waals surface area contributed by atoms with Gasteiger partial charge in [0.1, 0.15) is 0 Å². The molecule has 0 saturated carbocycles. The van der Waals surface area contributed by atoms with Crippen molar-refractivity contribution in [3.8, 4) is 6.07 Å². The number of nitrogen functional groups attached to an aromatic ring is 1. The standard InChI is InChI=1S/C15H13ClN2S/c1-10-6-11(8-17)2-3-12(10)9-19-15-5-4-13(18)7-14(15)16/h2-7H,9,18H2,1H3. The summed E-state index contributed by atoms with van der Waals surface area (Å²) >= 11 is 7.81. The fourth-order valence-corrected chi connectivity index (χ4v) is 3.07. The fourth-order valence-electron chi connectivity index (χ4n) is 1.72. The first kappa shape index (κ1) is 13.8. The van der Waals surface area contributed by atoms with E-state index >= 15 is 0 Å². The van der Waals surface area contributed by atoms with Gasteiger partial charge in [-0.05, 0) is 48.4 Å². The smallest absolute Gasteiger partial charge is 0.0991 e. The molecular weight excluding hydrogens is 276 g/mol. The van der Waals surface area contributed by atoms with Crippen LogP contribution in [0.1, 0.15) is 16.7 Å². The highest BCUT2D eigenvalue weighted by Crippen LogP contribution is 2.31. The van der Waals surface area contributed by atoms with Crippen LogP contribution in [-0.2, 0) is 5.75 Å². The third kappa shape index (κ3) is 3.44. The summed E-state index contributed by atoms with van der Waals surface area (Å²) in [7, 11) is 0. The molecule has 0 unspecified atom stereocenters. The molecule has 0 heterocycles. The molecule has 0 spiro atoms. The summed E-state index contributed by atoms with van der Waals surface area (Å²) in [6, 6.07) is 13.4. The minimum atomic E-state index is 0.670. The largest absolute Gasteiger partial charge is 0.399 e. The van der Waals surface area contributed by atoms with Gasteiger partial charge in [-0.15, -0.1) is 11.8 Å². The number of nitriles is 1. The summed E-state index contributed by atoms with van der Waals surface area (Å²) in [6.45, 7) is 2.02. The molecule has 4 heteroatoms. The van der Waals surface area contributed by atoms with Crippen LogP contribution in [0.5, 0.6) is 0 Å². The number of hydrogen-bond donors (Lipinski definition) is 1. The summed E-state index contributed by atoms with van der Waals surface area (Å²) in [4.78, 5) is 1.01. The maximum atomic E-state index is 8.84. The Balaban J connectivity index is 2.13. The quantitative estimate of drug-likeness (QED) is 0.673. The zero-order chi connectivity index (χ0) is 13.8. The number of anilines is 1. The number of aryl methyl sites for hydroxylation is 1. The van der Waals surface area contributed by atoms with Gasteiger partial charge in [0, 0.05) is 16.3 Å². The van der Waals surface area contributed by atoms with Crippen molar-refractivity contribution in [2.45, 2.75) is 17.6 Å². The second-order valence-electron chi connectivity index (χ2n) is 4.23. The van der Waals surface area contributed by atoms with Crippen LogP contribution in [0, 0.1) is 18.3 Å². The predicted molar refractivity (Wildman–Crippen MR) is 81.3 cm³/mol. The Morgan fingerprint density at radius 2 is 2.05 bits per heavy atom. The molecule has 96 valence electrons.